The van der Waals surface area contributed by atoms with Gasteiger partial charge in [-0.05, 0) is 11.1 Å². The van der Waals surface area contributed by atoms with Crippen LogP contribution in [0.1, 0.15) is 5.56 Å². The molecule has 0 heterocycles. The Morgan fingerprint density at radius 2 is 1.16 bits per heavy atom. The summed E-state index contributed by atoms with van der Waals surface area (Å²) in [7, 11) is 0. The number of halogens is 5. The van der Waals surface area contributed by atoms with Crippen LogP contribution in [0, 0.1) is 0 Å². The minimum atomic E-state index is -5.61. The van der Waals surface area contributed by atoms with Gasteiger partial charge in [0.2, 0.25) is 0 Å². The van der Waals surface area contributed by atoms with Crippen LogP contribution in [0.15, 0.2) is 54.6 Å². The van der Waals surface area contributed by atoms with Gasteiger partial charge in [-0.2, -0.15) is 22.0 Å². The van der Waals surface area contributed by atoms with Crippen LogP contribution >= 0.6 is 0 Å². The van der Waals surface area contributed by atoms with Gasteiger partial charge in [0.05, 0.1) is 0 Å². The van der Waals surface area contributed by atoms with E-state index in [0.717, 1.165) is 6.07 Å². The summed E-state index contributed by atoms with van der Waals surface area (Å²) in [6.45, 7) is 0. The minimum Gasteiger partial charge on any atom is -0.191 e. The van der Waals surface area contributed by atoms with Crippen LogP contribution in [-0.4, -0.2) is 6.18 Å². The lowest BCUT2D eigenvalue weighted by Gasteiger charge is -2.22. The highest BCUT2D eigenvalue weighted by molar-refractivity contribution is 5.68. The van der Waals surface area contributed by atoms with Crippen molar-refractivity contribution >= 4 is 0 Å². The van der Waals surface area contributed by atoms with Gasteiger partial charge < -0.3 is 0 Å². The molecule has 0 aliphatic heterocycles. The fraction of sp³-hybridized carbons (Fsp3) is 0.143. The van der Waals surface area contributed by atoms with E-state index in [-0.39, 0.29) is 5.56 Å². The number of alkyl halides is 5. The van der Waals surface area contributed by atoms with Gasteiger partial charge in [-0.15, -0.1) is 0 Å². The average Bonchev–Trinajstić information content (AvgIpc) is 2.38. The van der Waals surface area contributed by atoms with Gasteiger partial charge in [0.1, 0.15) is 0 Å². The summed E-state index contributed by atoms with van der Waals surface area (Å²) in [5.74, 6) is -4.88. The van der Waals surface area contributed by atoms with Crippen molar-refractivity contribution < 1.29 is 22.0 Å². The van der Waals surface area contributed by atoms with E-state index >= 15 is 0 Å². The van der Waals surface area contributed by atoms with E-state index in [1.807, 2.05) is 0 Å². The van der Waals surface area contributed by atoms with E-state index in [4.69, 9.17) is 0 Å². The Labute approximate surface area is 106 Å². The minimum absolute atomic E-state index is 0.120. The quantitative estimate of drug-likeness (QED) is 0.674. The van der Waals surface area contributed by atoms with Crippen LogP contribution < -0.4 is 0 Å². The summed E-state index contributed by atoms with van der Waals surface area (Å²) in [6, 6.07) is 12.5. The number of rotatable bonds is 2. The molecule has 0 aliphatic rings. The second-order valence-corrected chi connectivity index (χ2v) is 3.98. The van der Waals surface area contributed by atoms with Gasteiger partial charge in [0.25, 0.3) is 0 Å². The number of hydrogen-bond acceptors (Lipinski definition) is 0. The first kappa shape index (κ1) is 13.5. The molecule has 2 rings (SSSR count). The molecule has 2 aromatic rings. The highest BCUT2D eigenvalue weighted by Gasteiger charge is 2.59. The topological polar surface area (TPSA) is 0 Å². The lowest BCUT2D eigenvalue weighted by atomic mass is 9.95. The summed E-state index contributed by atoms with van der Waals surface area (Å²) < 4.78 is 64.4. The highest BCUT2D eigenvalue weighted by Crippen LogP contribution is 2.46. The zero-order chi connectivity index (χ0) is 14.1. The molecule has 19 heavy (non-hydrogen) atoms. The molecule has 5 heteroatoms. The summed E-state index contributed by atoms with van der Waals surface area (Å²) in [4.78, 5) is 0. The third-order valence-corrected chi connectivity index (χ3v) is 2.71. The number of hydrogen-bond donors (Lipinski definition) is 0. The smallest absolute Gasteiger partial charge is 0.191 e. The molecule has 0 aromatic heterocycles. The predicted octanol–water partition coefficient (Wildman–Crippen LogP) is 5.01. The first-order chi connectivity index (χ1) is 8.84. The van der Waals surface area contributed by atoms with Gasteiger partial charge in [-0.1, -0.05) is 54.6 Å². The standard InChI is InChI=1S/C14H9F5/c15-13(16,14(17,18)19)12-9-5-4-8-11(12)10-6-2-1-3-7-10/h1-9H. The lowest BCUT2D eigenvalue weighted by molar-refractivity contribution is -0.289. The molecule has 0 spiro atoms. The van der Waals surface area contributed by atoms with Crippen molar-refractivity contribution in [3.8, 4) is 11.1 Å². The summed E-state index contributed by atoms with van der Waals surface area (Å²) in [5.41, 5.74) is -0.832. The first-order valence-corrected chi connectivity index (χ1v) is 5.43. The predicted molar refractivity (Wildman–Crippen MR) is 61.8 cm³/mol. The SMILES string of the molecule is FC(F)(F)C(F)(F)c1ccccc1-c1ccccc1. The molecule has 0 amide bonds. The summed E-state index contributed by atoms with van der Waals surface area (Å²) >= 11 is 0. The maximum absolute atomic E-state index is 13.5. The molecule has 0 N–H and O–H groups in total. The maximum atomic E-state index is 13.5. The molecular weight excluding hydrogens is 263 g/mol. The van der Waals surface area contributed by atoms with E-state index in [1.165, 1.54) is 30.3 Å². The third-order valence-electron chi connectivity index (χ3n) is 2.71. The first-order valence-electron chi connectivity index (χ1n) is 5.43. The zero-order valence-electron chi connectivity index (χ0n) is 9.59. The van der Waals surface area contributed by atoms with Crippen LogP contribution in [0.25, 0.3) is 11.1 Å². The Bertz CT molecular complexity index is 558. The largest absolute Gasteiger partial charge is 0.458 e. The molecule has 0 aliphatic carbocycles. The molecule has 0 bridgehead atoms. The van der Waals surface area contributed by atoms with Crippen molar-refractivity contribution in [1.29, 1.82) is 0 Å². The Hall–Kier alpha value is -1.91. The van der Waals surface area contributed by atoms with E-state index in [0.29, 0.717) is 5.56 Å². The summed E-state index contributed by atoms with van der Waals surface area (Å²) in [5, 5.41) is 0. The van der Waals surface area contributed by atoms with Crippen LogP contribution in [0.5, 0.6) is 0 Å². The van der Waals surface area contributed by atoms with Crippen LogP contribution in [0.3, 0.4) is 0 Å². The van der Waals surface area contributed by atoms with Crippen molar-refractivity contribution in [2.75, 3.05) is 0 Å². The molecule has 0 saturated carbocycles. The molecule has 0 unspecified atom stereocenters. The molecule has 2 aromatic carbocycles. The Kier molecular flexibility index (Phi) is 3.30. The van der Waals surface area contributed by atoms with Crippen molar-refractivity contribution in [2.45, 2.75) is 12.1 Å². The van der Waals surface area contributed by atoms with Gasteiger partial charge in [0, 0.05) is 5.56 Å². The molecule has 0 nitrogen and oxygen atoms in total. The van der Waals surface area contributed by atoms with Gasteiger partial charge in [-0.25, -0.2) is 0 Å². The lowest BCUT2D eigenvalue weighted by Crippen LogP contribution is -2.34. The van der Waals surface area contributed by atoms with Crippen molar-refractivity contribution in [2.24, 2.45) is 0 Å². The van der Waals surface area contributed by atoms with Gasteiger partial charge >= 0.3 is 12.1 Å². The average molecular weight is 272 g/mol. The third kappa shape index (κ3) is 2.45. The van der Waals surface area contributed by atoms with E-state index in [9.17, 15) is 22.0 Å². The van der Waals surface area contributed by atoms with E-state index < -0.39 is 17.7 Å². The number of benzene rings is 2. The Morgan fingerprint density at radius 1 is 0.632 bits per heavy atom. The fourth-order valence-electron chi connectivity index (χ4n) is 1.78. The Morgan fingerprint density at radius 3 is 1.74 bits per heavy atom. The molecule has 0 radical (unpaired) electrons. The second kappa shape index (κ2) is 4.64. The molecule has 0 fully saturated rings. The van der Waals surface area contributed by atoms with Crippen molar-refractivity contribution in [1.82, 2.24) is 0 Å². The van der Waals surface area contributed by atoms with Crippen LogP contribution in [0.2, 0.25) is 0 Å². The van der Waals surface area contributed by atoms with E-state index in [1.54, 1.807) is 18.2 Å². The molecular formula is C14H9F5. The van der Waals surface area contributed by atoms with Gasteiger partial charge in [-0.3, -0.25) is 0 Å². The molecule has 0 saturated heterocycles. The second-order valence-electron chi connectivity index (χ2n) is 3.98. The van der Waals surface area contributed by atoms with Crippen molar-refractivity contribution in [3.63, 3.8) is 0 Å². The highest BCUT2D eigenvalue weighted by atomic mass is 19.4. The van der Waals surface area contributed by atoms with E-state index in [2.05, 4.69) is 0 Å². The van der Waals surface area contributed by atoms with Crippen LogP contribution in [-0.2, 0) is 5.92 Å². The monoisotopic (exact) mass is 272 g/mol. The molecule has 0 atom stereocenters. The maximum Gasteiger partial charge on any atom is 0.458 e. The normalized spacial score (nSPS) is 12.5. The van der Waals surface area contributed by atoms with Gasteiger partial charge in [0.15, 0.2) is 0 Å². The Balaban J connectivity index is 2.61. The zero-order valence-corrected chi connectivity index (χ0v) is 9.59. The summed E-state index contributed by atoms with van der Waals surface area (Å²) in [6.07, 6.45) is -5.61. The fourth-order valence-corrected chi connectivity index (χ4v) is 1.78. The molecule has 100 valence electrons. The van der Waals surface area contributed by atoms with Crippen molar-refractivity contribution in [3.05, 3.63) is 60.2 Å². The van der Waals surface area contributed by atoms with Crippen LogP contribution in [0.4, 0.5) is 22.0 Å².